The highest BCUT2D eigenvalue weighted by Gasteiger charge is 2.06. The van der Waals surface area contributed by atoms with Crippen LogP contribution < -0.4 is 11.1 Å². The van der Waals surface area contributed by atoms with Crippen LogP contribution in [0.2, 0.25) is 0 Å². The summed E-state index contributed by atoms with van der Waals surface area (Å²) in [5, 5.41) is 14.2. The maximum atomic E-state index is 12.1. The molecule has 0 unspecified atom stereocenters. The fourth-order valence-corrected chi connectivity index (χ4v) is 1.84. The highest BCUT2D eigenvalue weighted by atomic mass is 16.4. The average molecular weight is 284 g/mol. The summed E-state index contributed by atoms with van der Waals surface area (Å²) in [4.78, 5) is 16.1. The Bertz CT molecular complexity index is 666. The quantitative estimate of drug-likeness (QED) is 0.345. The molecule has 6 nitrogen and oxygen atoms in total. The van der Waals surface area contributed by atoms with Gasteiger partial charge in [-0.15, -0.1) is 0 Å². The van der Waals surface area contributed by atoms with E-state index in [9.17, 15) is 4.79 Å². The molecule has 0 fully saturated rings. The lowest BCUT2D eigenvalue weighted by atomic mass is 10.1. The van der Waals surface area contributed by atoms with Gasteiger partial charge in [-0.1, -0.05) is 17.3 Å². The minimum Gasteiger partial charge on any atom is -0.409 e. The number of anilines is 1. The summed E-state index contributed by atoms with van der Waals surface area (Å²) in [5.74, 6) is -0.0521. The Hall–Kier alpha value is -2.89. The molecule has 0 aliphatic rings. The molecule has 1 amide bonds. The Balaban J connectivity index is 2.05. The molecule has 2 rings (SSSR count). The van der Waals surface area contributed by atoms with Crippen LogP contribution in [0.15, 0.2) is 47.8 Å². The van der Waals surface area contributed by atoms with Crippen molar-refractivity contribution in [2.75, 3.05) is 5.32 Å². The van der Waals surface area contributed by atoms with Crippen molar-refractivity contribution in [3.05, 3.63) is 59.4 Å². The minimum atomic E-state index is -0.190. The van der Waals surface area contributed by atoms with Gasteiger partial charge in [0.05, 0.1) is 0 Å². The lowest BCUT2D eigenvalue weighted by molar-refractivity contribution is 0.102. The first kappa shape index (κ1) is 14.5. The predicted octanol–water partition coefficient (Wildman–Crippen LogP) is 1.93. The van der Waals surface area contributed by atoms with Crippen molar-refractivity contribution >= 4 is 17.4 Å². The number of amides is 1. The van der Waals surface area contributed by atoms with E-state index in [1.54, 1.807) is 30.5 Å². The number of oxime groups is 1. The SMILES string of the molecule is Cc1cc(C(=O)Nc2ccc(C/C(N)=N/O)cc2)ccn1. The second kappa shape index (κ2) is 6.51. The van der Waals surface area contributed by atoms with E-state index >= 15 is 0 Å². The van der Waals surface area contributed by atoms with Gasteiger partial charge in [0.2, 0.25) is 0 Å². The second-order valence-corrected chi connectivity index (χ2v) is 4.61. The molecule has 0 saturated heterocycles. The van der Waals surface area contributed by atoms with Crippen LogP contribution in [-0.2, 0) is 6.42 Å². The molecule has 2 aromatic rings. The molecule has 0 atom stereocenters. The van der Waals surface area contributed by atoms with Gasteiger partial charge in [-0.2, -0.15) is 0 Å². The second-order valence-electron chi connectivity index (χ2n) is 4.61. The molecule has 0 saturated carbocycles. The summed E-state index contributed by atoms with van der Waals surface area (Å²) in [6.45, 7) is 1.83. The molecular formula is C15H16N4O2. The summed E-state index contributed by atoms with van der Waals surface area (Å²) in [5.41, 5.74) is 8.36. The standard InChI is InChI=1S/C15H16N4O2/c1-10-8-12(6-7-17-10)15(20)18-13-4-2-11(3-5-13)9-14(16)19-21/h2-8,21H,9H2,1H3,(H2,16,19)(H,18,20). The fourth-order valence-electron chi connectivity index (χ4n) is 1.84. The molecule has 6 heteroatoms. The lowest BCUT2D eigenvalue weighted by Crippen LogP contribution is -2.15. The topological polar surface area (TPSA) is 101 Å². The van der Waals surface area contributed by atoms with Crippen molar-refractivity contribution in [1.82, 2.24) is 4.98 Å². The van der Waals surface area contributed by atoms with Gasteiger partial charge < -0.3 is 16.3 Å². The Morgan fingerprint density at radius 1 is 1.33 bits per heavy atom. The van der Waals surface area contributed by atoms with Crippen molar-refractivity contribution in [1.29, 1.82) is 0 Å². The van der Waals surface area contributed by atoms with E-state index in [2.05, 4.69) is 15.5 Å². The van der Waals surface area contributed by atoms with Crippen LogP contribution in [0.5, 0.6) is 0 Å². The van der Waals surface area contributed by atoms with Crippen LogP contribution in [0.3, 0.4) is 0 Å². The van der Waals surface area contributed by atoms with Gasteiger partial charge in [0, 0.05) is 29.6 Å². The first-order valence-electron chi connectivity index (χ1n) is 6.38. The fraction of sp³-hybridized carbons (Fsp3) is 0.133. The average Bonchev–Trinajstić information content (AvgIpc) is 2.49. The molecule has 108 valence electrons. The Labute approximate surface area is 122 Å². The van der Waals surface area contributed by atoms with Crippen LogP contribution in [0.25, 0.3) is 0 Å². The smallest absolute Gasteiger partial charge is 0.255 e. The van der Waals surface area contributed by atoms with Crippen LogP contribution in [0.1, 0.15) is 21.6 Å². The van der Waals surface area contributed by atoms with Gasteiger partial charge >= 0.3 is 0 Å². The van der Waals surface area contributed by atoms with E-state index in [1.807, 2.05) is 19.1 Å². The molecule has 1 aromatic carbocycles. The number of hydrogen-bond donors (Lipinski definition) is 3. The van der Waals surface area contributed by atoms with E-state index < -0.39 is 0 Å². The summed E-state index contributed by atoms with van der Waals surface area (Å²) in [6, 6.07) is 10.5. The number of pyridine rings is 1. The zero-order chi connectivity index (χ0) is 15.2. The number of aryl methyl sites for hydroxylation is 1. The number of rotatable bonds is 4. The van der Waals surface area contributed by atoms with Crippen LogP contribution in [-0.4, -0.2) is 21.9 Å². The van der Waals surface area contributed by atoms with E-state index in [0.29, 0.717) is 17.7 Å². The summed E-state index contributed by atoms with van der Waals surface area (Å²) >= 11 is 0. The van der Waals surface area contributed by atoms with E-state index in [-0.39, 0.29) is 11.7 Å². The molecule has 0 aliphatic carbocycles. The number of amidine groups is 1. The van der Waals surface area contributed by atoms with E-state index in [0.717, 1.165) is 11.3 Å². The van der Waals surface area contributed by atoms with Crippen molar-refractivity contribution < 1.29 is 10.0 Å². The van der Waals surface area contributed by atoms with Gasteiger partial charge in [0.1, 0.15) is 5.84 Å². The number of carbonyl (C=O) groups excluding carboxylic acids is 1. The predicted molar refractivity (Wildman–Crippen MR) is 80.5 cm³/mol. The van der Waals surface area contributed by atoms with Gasteiger partial charge in [-0.05, 0) is 36.8 Å². The highest BCUT2D eigenvalue weighted by Crippen LogP contribution is 2.12. The number of hydrogen-bond acceptors (Lipinski definition) is 4. The minimum absolute atomic E-state index is 0.138. The number of carbonyl (C=O) groups is 1. The number of nitrogens with two attached hydrogens (primary N) is 1. The zero-order valence-corrected chi connectivity index (χ0v) is 11.6. The zero-order valence-electron chi connectivity index (χ0n) is 11.6. The van der Waals surface area contributed by atoms with Gasteiger partial charge in [-0.25, -0.2) is 0 Å². The Morgan fingerprint density at radius 3 is 2.67 bits per heavy atom. The Kier molecular flexibility index (Phi) is 4.50. The maximum Gasteiger partial charge on any atom is 0.255 e. The summed E-state index contributed by atoms with van der Waals surface area (Å²) < 4.78 is 0. The first-order valence-corrected chi connectivity index (χ1v) is 6.38. The number of nitrogens with zero attached hydrogens (tertiary/aromatic N) is 2. The van der Waals surface area contributed by atoms with Gasteiger partial charge in [-0.3, -0.25) is 9.78 Å². The van der Waals surface area contributed by atoms with E-state index in [1.165, 1.54) is 0 Å². The highest BCUT2D eigenvalue weighted by molar-refractivity contribution is 6.04. The molecule has 21 heavy (non-hydrogen) atoms. The molecule has 0 radical (unpaired) electrons. The number of benzene rings is 1. The van der Waals surface area contributed by atoms with Crippen molar-refractivity contribution in [2.45, 2.75) is 13.3 Å². The van der Waals surface area contributed by atoms with Crippen LogP contribution in [0, 0.1) is 6.92 Å². The largest absolute Gasteiger partial charge is 0.409 e. The summed E-state index contributed by atoms with van der Waals surface area (Å²) in [7, 11) is 0. The Morgan fingerprint density at radius 2 is 2.05 bits per heavy atom. The third-order valence-electron chi connectivity index (χ3n) is 2.88. The monoisotopic (exact) mass is 284 g/mol. The molecule has 0 aliphatic heterocycles. The van der Waals surface area contributed by atoms with Gasteiger partial charge in [0.25, 0.3) is 5.91 Å². The van der Waals surface area contributed by atoms with E-state index in [4.69, 9.17) is 10.9 Å². The van der Waals surface area contributed by atoms with Crippen molar-refractivity contribution in [3.8, 4) is 0 Å². The van der Waals surface area contributed by atoms with Crippen molar-refractivity contribution in [3.63, 3.8) is 0 Å². The molecular weight excluding hydrogens is 268 g/mol. The molecule has 1 aromatic heterocycles. The number of nitrogens with one attached hydrogen (secondary N) is 1. The molecule has 0 spiro atoms. The normalized spacial score (nSPS) is 11.2. The lowest BCUT2D eigenvalue weighted by Gasteiger charge is -2.07. The maximum absolute atomic E-state index is 12.1. The van der Waals surface area contributed by atoms with Crippen LogP contribution >= 0.6 is 0 Å². The third-order valence-corrected chi connectivity index (χ3v) is 2.88. The summed E-state index contributed by atoms with van der Waals surface area (Å²) in [6.07, 6.45) is 1.96. The molecule has 4 N–H and O–H groups in total. The van der Waals surface area contributed by atoms with Gasteiger partial charge in [0.15, 0.2) is 0 Å². The number of aromatic nitrogens is 1. The first-order chi connectivity index (χ1) is 10.1. The molecule has 0 bridgehead atoms. The van der Waals surface area contributed by atoms with Crippen molar-refractivity contribution in [2.24, 2.45) is 10.9 Å². The third kappa shape index (κ3) is 4.04. The molecule has 1 heterocycles. The van der Waals surface area contributed by atoms with Crippen LogP contribution in [0.4, 0.5) is 5.69 Å².